The van der Waals surface area contributed by atoms with E-state index in [9.17, 15) is 18.0 Å². The van der Waals surface area contributed by atoms with Crippen LogP contribution >= 0.6 is 11.6 Å². The molecule has 0 spiro atoms. The van der Waals surface area contributed by atoms with E-state index in [2.05, 4.69) is 15.3 Å². The molecule has 1 amide bonds. The molecule has 0 aliphatic carbocycles. The molecule has 164 valence electrons. The van der Waals surface area contributed by atoms with Crippen molar-refractivity contribution in [2.75, 3.05) is 20.1 Å². The number of aromatic nitrogens is 2. The second-order valence-corrected chi connectivity index (χ2v) is 7.57. The van der Waals surface area contributed by atoms with E-state index in [0.29, 0.717) is 17.6 Å². The number of carbonyl (C=O) groups excluding carboxylic acids is 1. The van der Waals surface area contributed by atoms with Crippen LogP contribution in [0.2, 0.25) is 5.02 Å². The summed E-state index contributed by atoms with van der Waals surface area (Å²) >= 11 is 5.89. The highest BCUT2D eigenvalue weighted by molar-refractivity contribution is 6.30. The summed E-state index contributed by atoms with van der Waals surface area (Å²) in [6.07, 6.45) is -3.24. The third-order valence-electron chi connectivity index (χ3n) is 4.63. The molecule has 1 heterocycles. The molecule has 1 N–H and O–H groups in total. The van der Waals surface area contributed by atoms with Crippen LogP contribution in [0.25, 0.3) is 5.69 Å². The third kappa shape index (κ3) is 6.08. The summed E-state index contributed by atoms with van der Waals surface area (Å²) in [5.41, 5.74) is -0.364. The van der Waals surface area contributed by atoms with Crippen LogP contribution < -0.4 is 5.32 Å². The van der Waals surface area contributed by atoms with E-state index in [0.717, 1.165) is 18.3 Å². The van der Waals surface area contributed by atoms with Crippen molar-refractivity contribution in [2.24, 2.45) is 0 Å². The number of carbonyl (C=O) groups is 1. The first-order valence-electron chi connectivity index (χ1n) is 9.67. The number of benzene rings is 2. The number of halogens is 4. The summed E-state index contributed by atoms with van der Waals surface area (Å²) in [6.45, 7) is 1.68. The average Bonchev–Trinajstić information content (AvgIpc) is 3.18. The predicted molar refractivity (Wildman–Crippen MR) is 113 cm³/mol. The minimum Gasteiger partial charge on any atom is -0.352 e. The second kappa shape index (κ2) is 9.98. The van der Waals surface area contributed by atoms with Gasteiger partial charge in [0, 0.05) is 18.1 Å². The molecule has 0 saturated heterocycles. The summed E-state index contributed by atoms with van der Waals surface area (Å²) in [4.78, 5) is 14.5. The van der Waals surface area contributed by atoms with Gasteiger partial charge in [0.2, 0.25) is 0 Å². The minimum absolute atomic E-state index is 0.126. The van der Waals surface area contributed by atoms with E-state index < -0.39 is 23.3 Å². The molecule has 3 aromatic rings. The number of alkyl halides is 3. The van der Waals surface area contributed by atoms with Crippen molar-refractivity contribution in [3.63, 3.8) is 0 Å². The van der Waals surface area contributed by atoms with E-state index in [1.54, 1.807) is 6.07 Å². The standard InChI is InChI=1S/C22H22ClF3N4O/c1-29(15-16-7-3-2-4-8-16)12-6-11-27-21(31)19-14-28-30(20(19)22(24,25)26)18-10-5-9-17(23)13-18/h2-5,7-10,13-14H,6,11-12,15H2,1H3,(H,27,31). The lowest BCUT2D eigenvalue weighted by Gasteiger charge is -2.17. The Morgan fingerprint density at radius 3 is 2.58 bits per heavy atom. The van der Waals surface area contributed by atoms with Crippen molar-refractivity contribution < 1.29 is 18.0 Å². The van der Waals surface area contributed by atoms with Gasteiger partial charge < -0.3 is 10.2 Å². The summed E-state index contributed by atoms with van der Waals surface area (Å²) in [6, 6.07) is 15.8. The molecule has 0 aliphatic rings. The first kappa shape index (κ1) is 22.8. The normalized spacial score (nSPS) is 11.7. The predicted octanol–water partition coefficient (Wildman–Crippen LogP) is 4.80. The fourth-order valence-electron chi connectivity index (χ4n) is 3.21. The molecule has 0 bridgehead atoms. The number of hydrogen-bond acceptors (Lipinski definition) is 3. The molecule has 3 rings (SSSR count). The Morgan fingerprint density at radius 2 is 1.90 bits per heavy atom. The fourth-order valence-corrected chi connectivity index (χ4v) is 3.40. The van der Waals surface area contributed by atoms with Crippen LogP contribution in [0.4, 0.5) is 13.2 Å². The zero-order valence-corrected chi connectivity index (χ0v) is 17.6. The van der Waals surface area contributed by atoms with E-state index >= 15 is 0 Å². The zero-order chi connectivity index (χ0) is 22.4. The quantitative estimate of drug-likeness (QED) is 0.502. The van der Waals surface area contributed by atoms with Crippen molar-refractivity contribution in [1.29, 1.82) is 0 Å². The van der Waals surface area contributed by atoms with Crippen LogP contribution in [0.5, 0.6) is 0 Å². The van der Waals surface area contributed by atoms with E-state index in [1.165, 1.54) is 18.2 Å². The highest BCUT2D eigenvalue weighted by Crippen LogP contribution is 2.34. The number of amides is 1. The van der Waals surface area contributed by atoms with Gasteiger partial charge in [-0.05, 0) is 43.8 Å². The summed E-state index contributed by atoms with van der Waals surface area (Å²) in [5, 5.41) is 6.62. The molecule has 31 heavy (non-hydrogen) atoms. The molecule has 9 heteroatoms. The number of nitrogens with one attached hydrogen (secondary N) is 1. The first-order valence-corrected chi connectivity index (χ1v) is 10.1. The summed E-state index contributed by atoms with van der Waals surface area (Å²) in [5.74, 6) is -0.814. The summed E-state index contributed by atoms with van der Waals surface area (Å²) < 4.78 is 41.8. The van der Waals surface area contributed by atoms with Gasteiger partial charge in [0.1, 0.15) is 0 Å². The Hall–Kier alpha value is -2.84. The van der Waals surface area contributed by atoms with Gasteiger partial charge >= 0.3 is 6.18 Å². The molecule has 0 aliphatic heterocycles. The second-order valence-electron chi connectivity index (χ2n) is 7.13. The van der Waals surface area contributed by atoms with Crippen molar-refractivity contribution in [3.05, 3.63) is 82.6 Å². The van der Waals surface area contributed by atoms with Crippen LogP contribution in [-0.4, -0.2) is 40.7 Å². The van der Waals surface area contributed by atoms with Crippen LogP contribution in [0, 0.1) is 0 Å². The Morgan fingerprint density at radius 1 is 1.16 bits per heavy atom. The van der Waals surface area contributed by atoms with Crippen LogP contribution in [0.1, 0.15) is 28.0 Å². The van der Waals surface area contributed by atoms with Gasteiger partial charge in [0.05, 0.1) is 17.4 Å². The van der Waals surface area contributed by atoms with E-state index in [4.69, 9.17) is 11.6 Å². The monoisotopic (exact) mass is 450 g/mol. The van der Waals surface area contributed by atoms with Gasteiger partial charge in [-0.25, -0.2) is 4.68 Å². The average molecular weight is 451 g/mol. The maximum absolute atomic E-state index is 13.7. The Labute approximate surface area is 183 Å². The fraction of sp³-hybridized carbons (Fsp3) is 0.273. The lowest BCUT2D eigenvalue weighted by molar-refractivity contribution is -0.143. The van der Waals surface area contributed by atoms with Gasteiger partial charge in [-0.2, -0.15) is 18.3 Å². The van der Waals surface area contributed by atoms with Gasteiger partial charge in [-0.3, -0.25) is 4.79 Å². The number of rotatable bonds is 8. The molecular formula is C22H22ClF3N4O. The molecular weight excluding hydrogens is 429 g/mol. The Kier molecular flexibility index (Phi) is 7.35. The maximum atomic E-state index is 13.7. The van der Waals surface area contributed by atoms with Crippen LogP contribution in [0.15, 0.2) is 60.8 Å². The van der Waals surface area contributed by atoms with Crippen molar-refractivity contribution in [1.82, 2.24) is 20.0 Å². The SMILES string of the molecule is CN(CCCNC(=O)c1cnn(-c2cccc(Cl)c2)c1C(F)(F)F)Cc1ccccc1. The lowest BCUT2D eigenvalue weighted by Crippen LogP contribution is -2.29. The van der Waals surface area contributed by atoms with Gasteiger partial charge in [0.25, 0.3) is 5.91 Å². The Balaban J connectivity index is 1.62. The third-order valence-corrected chi connectivity index (χ3v) is 4.87. The maximum Gasteiger partial charge on any atom is 0.434 e. The van der Waals surface area contributed by atoms with Gasteiger partial charge in [-0.15, -0.1) is 0 Å². The largest absolute Gasteiger partial charge is 0.434 e. The lowest BCUT2D eigenvalue weighted by atomic mass is 10.2. The first-order chi connectivity index (χ1) is 14.8. The molecule has 1 aromatic heterocycles. The van der Waals surface area contributed by atoms with Gasteiger partial charge in [-0.1, -0.05) is 48.0 Å². The van der Waals surface area contributed by atoms with Crippen LogP contribution in [0.3, 0.4) is 0 Å². The smallest absolute Gasteiger partial charge is 0.352 e. The number of nitrogens with zero attached hydrogens (tertiary/aromatic N) is 3. The van der Waals surface area contributed by atoms with Crippen molar-refractivity contribution in [3.8, 4) is 5.69 Å². The molecule has 2 aromatic carbocycles. The highest BCUT2D eigenvalue weighted by atomic mass is 35.5. The molecule has 0 fully saturated rings. The summed E-state index contributed by atoms with van der Waals surface area (Å²) in [7, 11) is 1.95. The molecule has 5 nitrogen and oxygen atoms in total. The van der Waals surface area contributed by atoms with Gasteiger partial charge in [0.15, 0.2) is 5.69 Å². The molecule has 0 saturated carbocycles. The minimum atomic E-state index is -4.76. The Bertz CT molecular complexity index is 1020. The van der Waals surface area contributed by atoms with E-state index in [-0.39, 0.29) is 17.3 Å². The molecule has 0 radical (unpaired) electrons. The molecule has 0 atom stereocenters. The molecule has 0 unspecified atom stereocenters. The van der Waals surface area contributed by atoms with Crippen LogP contribution in [-0.2, 0) is 12.7 Å². The zero-order valence-electron chi connectivity index (χ0n) is 16.9. The van der Waals surface area contributed by atoms with E-state index in [1.807, 2.05) is 37.4 Å². The topological polar surface area (TPSA) is 50.2 Å². The number of hydrogen-bond donors (Lipinski definition) is 1. The van der Waals surface area contributed by atoms with Crippen molar-refractivity contribution >= 4 is 17.5 Å². The van der Waals surface area contributed by atoms with Crippen molar-refractivity contribution in [2.45, 2.75) is 19.1 Å². The highest BCUT2D eigenvalue weighted by Gasteiger charge is 2.40.